The summed E-state index contributed by atoms with van der Waals surface area (Å²) in [6.45, 7) is 5.86. The van der Waals surface area contributed by atoms with E-state index in [-0.39, 0.29) is 5.91 Å². The number of hydrogen-bond donors (Lipinski definition) is 1. The Hall–Kier alpha value is -2.68. The second kappa shape index (κ2) is 5.60. The maximum Gasteiger partial charge on any atom is 0.257 e. The molecule has 0 saturated heterocycles. The molecule has 1 aromatic heterocycles. The van der Waals surface area contributed by atoms with Crippen molar-refractivity contribution in [2.75, 3.05) is 5.32 Å². The normalized spacial score (nSPS) is 10.7. The molecule has 0 unspecified atom stereocenters. The van der Waals surface area contributed by atoms with E-state index in [0.29, 0.717) is 5.56 Å². The number of nitrogens with one attached hydrogen (secondary N) is 1. The zero-order chi connectivity index (χ0) is 15.7. The van der Waals surface area contributed by atoms with Crippen molar-refractivity contribution in [1.82, 2.24) is 4.98 Å². The molecule has 0 spiro atoms. The van der Waals surface area contributed by atoms with E-state index in [0.717, 1.165) is 33.4 Å². The first-order chi connectivity index (χ1) is 10.6. The lowest BCUT2D eigenvalue weighted by molar-refractivity contribution is 0.102. The lowest BCUT2D eigenvalue weighted by Crippen LogP contribution is -2.16. The van der Waals surface area contributed by atoms with E-state index < -0.39 is 0 Å². The summed E-state index contributed by atoms with van der Waals surface area (Å²) in [6.07, 6.45) is 0. The van der Waals surface area contributed by atoms with Crippen LogP contribution in [0.3, 0.4) is 0 Å². The number of fused-ring (bicyclic) bond motifs is 1. The lowest BCUT2D eigenvalue weighted by atomic mass is 10.0. The van der Waals surface area contributed by atoms with Crippen LogP contribution in [0.4, 0.5) is 5.69 Å². The van der Waals surface area contributed by atoms with Gasteiger partial charge in [0.25, 0.3) is 5.91 Å². The number of aromatic nitrogens is 1. The first kappa shape index (κ1) is 14.3. The van der Waals surface area contributed by atoms with Crippen LogP contribution in [-0.4, -0.2) is 10.9 Å². The number of benzene rings is 2. The number of rotatable bonds is 2. The molecule has 3 nitrogen and oxygen atoms in total. The smallest absolute Gasteiger partial charge is 0.257 e. The largest absolute Gasteiger partial charge is 0.322 e. The highest BCUT2D eigenvalue weighted by Gasteiger charge is 2.16. The molecule has 0 aliphatic carbocycles. The topological polar surface area (TPSA) is 42.0 Å². The summed E-state index contributed by atoms with van der Waals surface area (Å²) in [4.78, 5) is 17.2. The van der Waals surface area contributed by atoms with Crippen molar-refractivity contribution in [1.29, 1.82) is 0 Å². The Morgan fingerprint density at radius 3 is 2.55 bits per heavy atom. The lowest BCUT2D eigenvalue weighted by Gasteiger charge is -2.13. The van der Waals surface area contributed by atoms with Gasteiger partial charge in [-0.2, -0.15) is 0 Å². The molecule has 0 radical (unpaired) electrons. The Balaban J connectivity index is 2.04. The number of amides is 1. The van der Waals surface area contributed by atoms with E-state index in [1.54, 1.807) is 0 Å². The molecule has 2 aromatic carbocycles. The molecule has 22 heavy (non-hydrogen) atoms. The van der Waals surface area contributed by atoms with Crippen molar-refractivity contribution in [3.8, 4) is 0 Å². The Labute approximate surface area is 130 Å². The third-order valence-electron chi connectivity index (χ3n) is 3.84. The average Bonchev–Trinajstić information content (AvgIpc) is 2.47. The molecule has 0 aliphatic heterocycles. The van der Waals surface area contributed by atoms with Crippen molar-refractivity contribution >= 4 is 22.5 Å². The number of carbonyl (C=O) groups excluding carboxylic acids is 1. The van der Waals surface area contributed by atoms with Gasteiger partial charge in [-0.25, -0.2) is 0 Å². The highest BCUT2D eigenvalue weighted by molar-refractivity contribution is 6.08. The summed E-state index contributed by atoms with van der Waals surface area (Å²) in [5.41, 5.74) is 5.21. The van der Waals surface area contributed by atoms with E-state index in [1.165, 1.54) is 0 Å². The predicted octanol–water partition coefficient (Wildman–Crippen LogP) is 4.41. The van der Waals surface area contributed by atoms with E-state index >= 15 is 0 Å². The number of carbonyl (C=O) groups is 1. The molecule has 3 heteroatoms. The standard InChI is InChI=1S/C19H18N2O/c1-12-7-6-8-15(11-12)21-19(22)18-13(2)16-9-4-5-10-17(16)20-14(18)3/h4-11H,1-3H3,(H,21,22). The van der Waals surface area contributed by atoms with Crippen LogP contribution in [0.1, 0.15) is 27.2 Å². The number of pyridine rings is 1. The van der Waals surface area contributed by atoms with Crippen molar-refractivity contribution in [3.63, 3.8) is 0 Å². The molecule has 3 aromatic rings. The van der Waals surface area contributed by atoms with Gasteiger partial charge in [0.15, 0.2) is 0 Å². The highest BCUT2D eigenvalue weighted by atomic mass is 16.1. The maximum absolute atomic E-state index is 12.7. The van der Waals surface area contributed by atoms with Crippen LogP contribution in [0.25, 0.3) is 10.9 Å². The Morgan fingerprint density at radius 2 is 1.77 bits per heavy atom. The average molecular weight is 290 g/mol. The van der Waals surface area contributed by atoms with E-state index in [1.807, 2.05) is 69.3 Å². The molecule has 0 aliphatic rings. The fourth-order valence-corrected chi connectivity index (χ4v) is 2.78. The van der Waals surface area contributed by atoms with Crippen LogP contribution in [0.2, 0.25) is 0 Å². The zero-order valence-electron chi connectivity index (χ0n) is 13.0. The molecular formula is C19H18N2O. The maximum atomic E-state index is 12.7. The third-order valence-corrected chi connectivity index (χ3v) is 3.84. The van der Waals surface area contributed by atoms with Crippen molar-refractivity contribution in [3.05, 3.63) is 70.9 Å². The predicted molar refractivity (Wildman–Crippen MR) is 90.3 cm³/mol. The monoisotopic (exact) mass is 290 g/mol. The minimum atomic E-state index is -0.112. The van der Waals surface area contributed by atoms with E-state index in [2.05, 4.69) is 10.3 Å². The van der Waals surface area contributed by atoms with Crippen LogP contribution in [0, 0.1) is 20.8 Å². The molecular weight excluding hydrogens is 272 g/mol. The Bertz CT molecular complexity index is 868. The summed E-state index contributed by atoms with van der Waals surface area (Å²) in [5.74, 6) is -0.112. The van der Waals surface area contributed by atoms with Gasteiger partial charge in [-0.1, -0.05) is 30.3 Å². The van der Waals surface area contributed by atoms with Crippen LogP contribution in [-0.2, 0) is 0 Å². The fourth-order valence-electron chi connectivity index (χ4n) is 2.78. The summed E-state index contributed by atoms with van der Waals surface area (Å²) in [7, 11) is 0. The summed E-state index contributed by atoms with van der Waals surface area (Å²) >= 11 is 0. The zero-order valence-corrected chi connectivity index (χ0v) is 13.0. The van der Waals surface area contributed by atoms with Gasteiger partial charge >= 0.3 is 0 Å². The summed E-state index contributed by atoms with van der Waals surface area (Å²) in [6, 6.07) is 15.7. The minimum absolute atomic E-state index is 0.112. The quantitative estimate of drug-likeness (QED) is 0.759. The molecule has 1 N–H and O–H groups in total. The number of hydrogen-bond acceptors (Lipinski definition) is 2. The summed E-state index contributed by atoms with van der Waals surface area (Å²) < 4.78 is 0. The number of aryl methyl sites for hydroxylation is 3. The molecule has 1 amide bonds. The molecule has 0 saturated carbocycles. The van der Waals surface area contributed by atoms with Gasteiger partial charge in [0.1, 0.15) is 0 Å². The highest BCUT2D eigenvalue weighted by Crippen LogP contribution is 2.23. The Kier molecular flexibility index (Phi) is 3.63. The minimum Gasteiger partial charge on any atom is -0.322 e. The van der Waals surface area contributed by atoms with E-state index in [4.69, 9.17) is 0 Å². The van der Waals surface area contributed by atoms with Gasteiger partial charge < -0.3 is 5.32 Å². The van der Waals surface area contributed by atoms with Gasteiger partial charge in [-0.15, -0.1) is 0 Å². The summed E-state index contributed by atoms with van der Waals surface area (Å²) in [5, 5.41) is 3.98. The van der Waals surface area contributed by atoms with Crippen LogP contribution < -0.4 is 5.32 Å². The van der Waals surface area contributed by atoms with Crippen molar-refractivity contribution < 1.29 is 4.79 Å². The fraction of sp³-hybridized carbons (Fsp3) is 0.158. The molecule has 3 rings (SSSR count). The van der Waals surface area contributed by atoms with Gasteiger partial charge in [-0.05, 0) is 50.1 Å². The SMILES string of the molecule is Cc1cccc(NC(=O)c2c(C)nc3ccccc3c2C)c1. The number of anilines is 1. The van der Waals surface area contributed by atoms with Crippen LogP contribution in [0.15, 0.2) is 48.5 Å². The first-order valence-electron chi connectivity index (χ1n) is 7.30. The first-order valence-corrected chi connectivity index (χ1v) is 7.30. The Morgan fingerprint density at radius 1 is 1.00 bits per heavy atom. The molecule has 0 fully saturated rings. The second-order valence-corrected chi connectivity index (χ2v) is 5.54. The van der Waals surface area contributed by atoms with Gasteiger partial charge in [0.05, 0.1) is 16.8 Å². The number of para-hydroxylation sites is 1. The van der Waals surface area contributed by atoms with Crippen molar-refractivity contribution in [2.24, 2.45) is 0 Å². The van der Waals surface area contributed by atoms with E-state index in [9.17, 15) is 4.79 Å². The molecule has 0 bridgehead atoms. The van der Waals surface area contributed by atoms with Crippen LogP contribution >= 0.6 is 0 Å². The van der Waals surface area contributed by atoms with Crippen LogP contribution in [0.5, 0.6) is 0 Å². The molecule has 1 heterocycles. The molecule has 110 valence electrons. The third kappa shape index (κ3) is 2.58. The second-order valence-electron chi connectivity index (χ2n) is 5.54. The molecule has 0 atom stereocenters. The van der Waals surface area contributed by atoms with Gasteiger partial charge in [-0.3, -0.25) is 9.78 Å². The van der Waals surface area contributed by atoms with Crippen molar-refractivity contribution in [2.45, 2.75) is 20.8 Å². The number of nitrogens with zero attached hydrogens (tertiary/aromatic N) is 1. The van der Waals surface area contributed by atoms with Gasteiger partial charge in [0, 0.05) is 11.1 Å². The van der Waals surface area contributed by atoms with Gasteiger partial charge in [0.2, 0.25) is 0 Å².